The van der Waals surface area contributed by atoms with Gasteiger partial charge in [-0.2, -0.15) is 0 Å². The Morgan fingerprint density at radius 2 is 2.10 bits per heavy atom. The van der Waals surface area contributed by atoms with Crippen molar-refractivity contribution in [2.24, 2.45) is 0 Å². The second-order valence-corrected chi connectivity index (χ2v) is 9.01. The van der Waals surface area contributed by atoms with E-state index in [1.165, 1.54) is 4.88 Å². The third-order valence-electron chi connectivity index (χ3n) is 5.87. The second-order valence-electron chi connectivity index (χ2n) is 7.88. The van der Waals surface area contributed by atoms with Crippen LogP contribution in [0.15, 0.2) is 35.3 Å². The number of pyridine rings is 1. The highest BCUT2D eigenvalue weighted by atomic mass is 32.1. The van der Waals surface area contributed by atoms with E-state index in [9.17, 15) is 9.59 Å². The topological polar surface area (TPSA) is 80.4 Å². The molecule has 2 aliphatic carbocycles. The molecule has 2 aliphatic rings. The number of nitrogens with zero attached hydrogens (tertiary/aromatic N) is 1. The highest BCUT2D eigenvalue weighted by Gasteiger charge is 2.30. The number of carbonyl (C=O) groups is 1. The quantitative estimate of drug-likeness (QED) is 0.440. The van der Waals surface area contributed by atoms with Gasteiger partial charge in [0.05, 0.1) is 30.2 Å². The molecule has 3 aromatic rings. The van der Waals surface area contributed by atoms with Crippen molar-refractivity contribution in [3.63, 3.8) is 0 Å². The van der Waals surface area contributed by atoms with Gasteiger partial charge in [-0.3, -0.25) is 4.79 Å². The maximum atomic E-state index is 13.2. The molecule has 2 N–H and O–H groups in total. The molecule has 0 unspecified atom stereocenters. The Morgan fingerprint density at radius 1 is 1.29 bits per heavy atom. The van der Waals surface area contributed by atoms with Crippen molar-refractivity contribution in [3.8, 4) is 16.2 Å². The molecule has 0 bridgehead atoms. The van der Waals surface area contributed by atoms with Gasteiger partial charge in [0.15, 0.2) is 5.75 Å². The monoisotopic (exact) mass is 438 g/mol. The van der Waals surface area contributed by atoms with Crippen molar-refractivity contribution in [1.82, 2.24) is 4.57 Å². The predicted octanol–water partition coefficient (Wildman–Crippen LogP) is 4.26. The Hall–Kier alpha value is -3.06. The van der Waals surface area contributed by atoms with Gasteiger partial charge in [-0.1, -0.05) is 0 Å². The van der Waals surface area contributed by atoms with Crippen molar-refractivity contribution in [1.29, 1.82) is 0 Å². The Bertz CT molecular complexity index is 1300. The number of hydrogen-bond donors (Lipinski definition) is 0. The van der Waals surface area contributed by atoms with E-state index in [1.54, 1.807) is 37.6 Å². The Balaban J connectivity index is 1.75. The van der Waals surface area contributed by atoms with Gasteiger partial charge < -0.3 is 19.1 Å². The van der Waals surface area contributed by atoms with E-state index in [-0.39, 0.29) is 23.6 Å². The molecule has 6 nitrogen and oxygen atoms in total. The van der Waals surface area contributed by atoms with E-state index < -0.39 is 5.97 Å². The normalized spacial score (nSPS) is 15.5. The molecule has 1 saturated carbocycles. The molecule has 160 valence electrons. The van der Waals surface area contributed by atoms with Crippen molar-refractivity contribution in [3.05, 3.63) is 56.7 Å². The summed E-state index contributed by atoms with van der Waals surface area (Å²) in [5.41, 5.74) is 2.32. The van der Waals surface area contributed by atoms with Gasteiger partial charge in [-0.25, -0.2) is 4.79 Å². The lowest BCUT2D eigenvalue weighted by atomic mass is 10.0. The smallest absolute Gasteiger partial charge is 0.343 e. The molecule has 0 aliphatic heterocycles. The van der Waals surface area contributed by atoms with Crippen LogP contribution in [0.1, 0.15) is 53.0 Å². The first kappa shape index (κ1) is 19.9. The summed E-state index contributed by atoms with van der Waals surface area (Å²) in [5, 5.41) is 8.69. The van der Waals surface area contributed by atoms with Gasteiger partial charge in [0, 0.05) is 33.6 Å². The Morgan fingerprint density at radius 3 is 2.77 bits per heavy atom. The van der Waals surface area contributed by atoms with Crippen LogP contribution in [0.5, 0.6) is 5.75 Å². The number of ether oxygens (including phenoxy) is 2. The molecular weight excluding hydrogens is 414 g/mol. The fourth-order valence-corrected chi connectivity index (χ4v) is 5.46. The lowest BCUT2D eigenvalue weighted by Crippen LogP contribution is -2.21. The number of aromatic nitrogens is 1. The zero-order valence-corrected chi connectivity index (χ0v) is 18.3. The fourth-order valence-electron chi connectivity index (χ4n) is 4.25. The average Bonchev–Trinajstić information content (AvgIpc) is 3.51. The molecule has 0 amide bonds. The summed E-state index contributed by atoms with van der Waals surface area (Å²) in [4.78, 5) is 27.8. The van der Waals surface area contributed by atoms with Crippen LogP contribution in [0.25, 0.3) is 27.1 Å². The Labute approximate surface area is 183 Å². The van der Waals surface area contributed by atoms with Gasteiger partial charge in [0.2, 0.25) is 5.43 Å². The maximum Gasteiger partial charge on any atom is 0.343 e. The summed E-state index contributed by atoms with van der Waals surface area (Å²) in [6, 6.07) is 5.96. The molecule has 31 heavy (non-hydrogen) atoms. The van der Waals surface area contributed by atoms with Crippen molar-refractivity contribution < 1.29 is 19.4 Å². The van der Waals surface area contributed by atoms with Gasteiger partial charge in [0.25, 0.3) is 5.76 Å². The van der Waals surface area contributed by atoms with Gasteiger partial charge in [0.1, 0.15) is 5.56 Å². The first-order valence-corrected chi connectivity index (χ1v) is 11.3. The molecule has 0 atom stereocenters. The number of hydrogen-bond acceptors (Lipinski definition) is 5. The van der Waals surface area contributed by atoms with Crippen LogP contribution in [0.2, 0.25) is 0 Å². The molecule has 2 heterocycles. The highest BCUT2D eigenvalue weighted by Crippen LogP contribution is 2.45. The number of methoxy groups -OCH3 is 1. The van der Waals surface area contributed by atoms with E-state index >= 15 is 0 Å². The van der Waals surface area contributed by atoms with E-state index in [4.69, 9.17) is 14.6 Å². The van der Waals surface area contributed by atoms with Crippen LogP contribution < -0.4 is 10.2 Å². The minimum atomic E-state index is -0.590. The second kappa shape index (κ2) is 7.57. The van der Waals surface area contributed by atoms with Crippen molar-refractivity contribution >= 4 is 34.0 Å². The fraction of sp³-hybridized carbons (Fsp3) is 0.333. The number of thiophene rings is 1. The summed E-state index contributed by atoms with van der Waals surface area (Å²) in [5.74, 6) is 0.607. The molecule has 0 radical (unpaired) electrons. The number of carbonyl (C=O) groups excluding carboxylic acids is 1. The van der Waals surface area contributed by atoms with Gasteiger partial charge >= 0.3 is 5.97 Å². The van der Waals surface area contributed by atoms with Crippen LogP contribution in [0.3, 0.4) is 0 Å². The largest absolute Gasteiger partial charge is 0.593 e. The van der Waals surface area contributed by atoms with Crippen LogP contribution >= 0.6 is 11.3 Å². The number of fused-ring (bicyclic) bond motifs is 2. The summed E-state index contributed by atoms with van der Waals surface area (Å²) in [7, 11) is 1.61. The minimum absolute atomic E-state index is 0.0617. The molecule has 2 aromatic heterocycles. The standard InChI is InChI=1S/C24H23NO5S/c1-3-30-24(28)17-12-25(13-7-8-13)21-15(22(17)27)10-9-14(23(21)29-2)20-11-16-18(26)5-4-6-19(16)31-20/h5,9-13,26H,3-4,6-8H2,1-2H3/p+1. The summed E-state index contributed by atoms with van der Waals surface area (Å²) in [6.45, 7) is 1.95. The number of allylic oxidation sites excluding steroid dienone is 1. The Kier molecular flexibility index (Phi) is 4.85. The van der Waals surface area contributed by atoms with Crippen LogP contribution in [0, 0.1) is 0 Å². The highest BCUT2D eigenvalue weighted by molar-refractivity contribution is 7.15. The summed E-state index contributed by atoms with van der Waals surface area (Å²) in [6.07, 6.45) is 7.41. The first-order valence-electron chi connectivity index (χ1n) is 10.5. The molecule has 0 spiro atoms. The minimum Gasteiger partial charge on any atom is -0.593 e. The third-order valence-corrected chi connectivity index (χ3v) is 7.10. The van der Waals surface area contributed by atoms with Gasteiger partial charge in [-0.15, -0.1) is 11.3 Å². The van der Waals surface area contributed by atoms with Crippen LogP contribution in [-0.4, -0.2) is 29.4 Å². The average molecular weight is 439 g/mol. The zero-order chi connectivity index (χ0) is 21.7. The van der Waals surface area contributed by atoms with E-state index in [1.807, 2.05) is 22.8 Å². The number of benzene rings is 1. The number of esters is 1. The first-order chi connectivity index (χ1) is 15.0. The molecule has 7 heteroatoms. The lowest BCUT2D eigenvalue weighted by Gasteiger charge is -2.17. The molecule has 5 rings (SSSR count). The van der Waals surface area contributed by atoms with E-state index in [0.717, 1.165) is 41.7 Å². The SMILES string of the molecule is CCOC(=O)c1cn(C2CC2)c2c(OC)c(-c3cc4c(s3)CCC=C4[OH2+])ccc2c1=O. The summed E-state index contributed by atoms with van der Waals surface area (Å²) >= 11 is 1.68. The zero-order valence-electron chi connectivity index (χ0n) is 17.5. The number of rotatable bonds is 5. The molecule has 1 fully saturated rings. The van der Waals surface area contributed by atoms with Gasteiger partial charge in [-0.05, 0) is 50.8 Å². The third kappa shape index (κ3) is 3.24. The predicted molar refractivity (Wildman–Crippen MR) is 122 cm³/mol. The number of aryl methyl sites for hydroxylation is 1. The van der Waals surface area contributed by atoms with Crippen molar-refractivity contribution in [2.45, 2.75) is 38.6 Å². The summed E-state index contributed by atoms with van der Waals surface area (Å²) < 4.78 is 13.0. The van der Waals surface area contributed by atoms with E-state index in [0.29, 0.717) is 22.4 Å². The molecular formula is C24H24NO5S+. The lowest BCUT2D eigenvalue weighted by molar-refractivity contribution is 0.0524. The molecule has 0 saturated heterocycles. The maximum absolute atomic E-state index is 13.2. The van der Waals surface area contributed by atoms with Crippen LogP contribution in [0.4, 0.5) is 0 Å². The van der Waals surface area contributed by atoms with E-state index in [2.05, 4.69) is 0 Å². The molecule has 1 aromatic carbocycles. The van der Waals surface area contributed by atoms with Crippen molar-refractivity contribution in [2.75, 3.05) is 13.7 Å². The van der Waals surface area contributed by atoms with Crippen LogP contribution in [-0.2, 0) is 11.2 Å².